The van der Waals surface area contributed by atoms with Gasteiger partial charge in [0.15, 0.2) is 15.6 Å². The minimum atomic E-state index is -4.63. The Balaban J connectivity index is 2.57. The van der Waals surface area contributed by atoms with Gasteiger partial charge < -0.3 is 4.74 Å². The molecule has 0 N–H and O–H groups in total. The molecule has 0 heterocycles. The third kappa shape index (κ3) is 4.13. The van der Waals surface area contributed by atoms with Gasteiger partial charge in [0.25, 0.3) is 0 Å². The third-order valence-corrected chi connectivity index (χ3v) is 4.81. The van der Waals surface area contributed by atoms with E-state index in [1.807, 2.05) is 0 Å². The van der Waals surface area contributed by atoms with Gasteiger partial charge in [0, 0.05) is 11.8 Å². The summed E-state index contributed by atoms with van der Waals surface area (Å²) in [6, 6.07) is 5.89. The molecule has 0 amide bonds. The lowest BCUT2D eigenvalue weighted by atomic mass is 10.00. The molecule has 0 radical (unpaired) electrons. The van der Waals surface area contributed by atoms with E-state index in [-0.39, 0.29) is 26.8 Å². The Morgan fingerprint density at radius 2 is 1.72 bits per heavy atom. The molecule has 0 unspecified atom stereocenters. The zero-order valence-corrected chi connectivity index (χ0v) is 14.6. The molecule has 0 saturated carbocycles. The van der Waals surface area contributed by atoms with Crippen LogP contribution >= 0.6 is 11.6 Å². The number of ether oxygens (including phenoxy) is 1. The quantitative estimate of drug-likeness (QED) is 0.738. The number of alkyl halides is 3. The summed E-state index contributed by atoms with van der Waals surface area (Å²) in [4.78, 5) is 12.5. The van der Waals surface area contributed by atoms with Crippen molar-refractivity contribution in [1.29, 1.82) is 0 Å². The molecular formula is C16H12ClF3O4S. The summed E-state index contributed by atoms with van der Waals surface area (Å²) in [5.74, 6) is -0.866. The highest BCUT2D eigenvalue weighted by Gasteiger charge is 2.32. The molecule has 0 aliphatic rings. The average molecular weight is 393 g/mol. The van der Waals surface area contributed by atoms with E-state index < -0.39 is 27.4 Å². The molecule has 0 fully saturated rings. The number of rotatable bonds is 4. The van der Waals surface area contributed by atoms with Crippen molar-refractivity contribution >= 4 is 27.2 Å². The largest absolute Gasteiger partial charge is 0.496 e. The zero-order chi connectivity index (χ0) is 19.0. The Morgan fingerprint density at radius 3 is 2.20 bits per heavy atom. The Labute approximate surface area is 147 Å². The minimum Gasteiger partial charge on any atom is -0.496 e. The first kappa shape index (κ1) is 19.3. The molecule has 2 aromatic rings. The summed E-state index contributed by atoms with van der Waals surface area (Å²) < 4.78 is 66.6. The van der Waals surface area contributed by atoms with Gasteiger partial charge in [-0.15, -0.1) is 0 Å². The van der Waals surface area contributed by atoms with Gasteiger partial charge in [-0.25, -0.2) is 8.42 Å². The van der Waals surface area contributed by atoms with Crippen LogP contribution in [0.25, 0.3) is 0 Å². The summed E-state index contributed by atoms with van der Waals surface area (Å²) in [5, 5.41) is -0.188. The average Bonchev–Trinajstić information content (AvgIpc) is 2.51. The Morgan fingerprint density at radius 1 is 1.08 bits per heavy atom. The van der Waals surface area contributed by atoms with Crippen LogP contribution in [-0.4, -0.2) is 27.6 Å². The lowest BCUT2D eigenvalue weighted by molar-refractivity contribution is -0.137. The number of methoxy groups -OCH3 is 1. The predicted octanol–water partition coefficient (Wildman–Crippen LogP) is 4.00. The summed E-state index contributed by atoms with van der Waals surface area (Å²) in [5.41, 5.74) is -1.47. The van der Waals surface area contributed by atoms with Gasteiger partial charge in [-0.05, 0) is 36.4 Å². The van der Waals surface area contributed by atoms with Gasteiger partial charge in [-0.2, -0.15) is 13.2 Å². The molecule has 0 aromatic heterocycles. The Hall–Kier alpha value is -2.06. The molecule has 2 aromatic carbocycles. The fourth-order valence-electron chi connectivity index (χ4n) is 2.12. The topological polar surface area (TPSA) is 60.4 Å². The Kier molecular flexibility index (Phi) is 5.15. The lowest BCUT2D eigenvalue weighted by Crippen LogP contribution is -2.10. The van der Waals surface area contributed by atoms with Crippen LogP contribution in [0.4, 0.5) is 13.2 Å². The van der Waals surface area contributed by atoms with Crippen molar-refractivity contribution in [2.24, 2.45) is 0 Å². The van der Waals surface area contributed by atoms with Gasteiger partial charge >= 0.3 is 6.18 Å². The fourth-order valence-corrected chi connectivity index (χ4v) is 3.10. The highest BCUT2D eigenvalue weighted by molar-refractivity contribution is 7.90. The minimum absolute atomic E-state index is 0.0544. The molecule has 25 heavy (non-hydrogen) atoms. The van der Waals surface area contributed by atoms with Crippen LogP contribution in [0.3, 0.4) is 0 Å². The van der Waals surface area contributed by atoms with Crippen LogP contribution in [0, 0.1) is 0 Å². The van der Waals surface area contributed by atoms with Crippen LogP contribution in [-0.2, 0) is 16.0 Å². The number of ketones is 1. The first-order valence-electron chi connectivity index (χ1n) is 6.74. The number of sulfone groups is 1. The molecule has 0 bridgehead atoms. The van der Waals surface area contributed by atoms with Gasteiger partial charge in [0.2, 0.25) is 0 Å². The van der Waals surface area contributed by atoms with E-state index in [1.165, 1.54) is 7.11 Å². The first-order valence-corrected chi connectivity index (χ1v) is 9.01. The molecule has 4 nitrogen and oxygen atoms in total. The van der Waals surface area contributed by atoms with E-state index in [2.05, 4.69) is 0 Å². The Bertz CT molecular complexity index is 937. The number of carbonyl (C=O) groups is 1. The molecule has 0 spiro atoms. The van der Waals surface area contributed by atoms with Crippen LogP contribution in [0.2, 0.25) is 5.02 Å². The van der Waals surface area contributed by atoms with Gasteiger partial charge in [0.05, 0.1) is 28.2 Å². The molecule has 0 aliphatic carbocycles. The highest BCUT2D eigenvalue weighted by Crippen LogP contribution is 2.34. The summed E-state index contributed by atoms with van der Waals surface area (Å²) in [6.07, 6.45) is -3.67. The van der Waals surface area contributed by atoms with Crippen LogP contribution in [0.5, 0.6) is 5.75 Å². The molecule has 9 heteroatoms. The second-order valence-electron chi connectivity index (χ2n) is 5.16. The van der Waals surface area contributed by atoms with Crippen molar-refractivity contribution < 1.29 is 31.1 Å². The first-order chi connectivity index (χ1) is 11.4. The predicted molar refractivity (Wildman–Crippen MR) is 86.0 cm³/mol. The van der Waals surface area contributed by atoms with E-state index in [1.54, 1.807) is 0 Å². The van der Waals surface area contributed by atoms with Crippen LogP contribution in [0.15, 0.2) is 41.3 Å². The summed E-state index contributed by atoms with van der Waals surface area (Å²) in [7, 11) is -2.32. The third-order valence-electron chi connectivity index (χ3n) is 3.38. The zero-order valence-electron chi connectivity index (χ0n) is 13.0. The molecular weight excluding hydrogens is 381 g/mol. The van der Waals surface area contributed by atoms with Gasteiger partial charge in [-0.1, -0.05) is 11.6 Å². The van der Waals surface area contributed by atoms with Crippen molar-refractivity contribution in [3.63, 3.8) is 0 Å². The van der Waals surface area contributed by atoms with E-state index in [9.17, 15) is 26.4 Å². The molecule has 0 saturated heterocycles. The van der Waals surface area contributed by atoms with Crippen LogP contribution < -0.4 is 4.74 Å². The van der Waals surface area contributed by atoms with Crippen molar-refractivity contribution in [3.8, 4) is 5.75 Å². The maximum atomic E-state index is 12.9. The molecule has 0 atom stereocenters. The maximum Gasteiger partial charge on any atom is 0.416 e. The van der Waals surface area contributed by atoms with Crippen molar-refractivity contribution in [2.75, 3.05) is 13.4 Å². The number of hydrogen-bond acceptors (Lipinski definition) is 4. The van der Waals surface area contributed by atoms with Gasteiger partial charge in [0.1, 0.15) is 5.75 Å². The standard InChI is InChI=1S/C16H12ClF3O4S/c1-24-14-6-3-9(16(18,19)20)7-12(14)15(21)11-5-4-10(8-13(11)17)25(2,22)23/h3-8H,1-2H3. The SMILES string of the molecule is COc1ccc(C(F)(F)F)cc1C(=O)c1ccc(S(C)(=O)=O)cc1Cl. The second kappa shape index (κ2) is 6.68. The van der Waals surface area contributed by atoms with E-state index in [0.717, 1.165) is 36.6 Å². The number of hydrogen-bond donors (Lipinski definition) is 0. The van der Waals surface area contributed by atoms with E-state index in [0.29, 0.717) is 6.07 Å². The van der Waals surface area contributed by atoms with E-state index >= 15 is 0 Å². The smallest absolute Gasteiger partial charge is 0.416 e. The molecule has 134 valence electrons. The monoisotopic (exact) mass is 392 g/mol. The number of carbonyl (C=O) groups excluding carboxylic acids is 1. The summed E-state index contributed by atoms with van der Waals surface area (Å²) >= 11 is 5.96. The lowest BCUT2D eigenvalue weighted by Gasteiger charge is -2.13. The number of halogens is 4. The van der Waals surface area contributed by atoms with Crippen LogP contribution in [0.1, 0.15) is 21.5 Å². The normalized spacial score (nSPS) is 12.1. The van der Waals surface area contributed by atoms with Crippen molar-refractivity contribution in [1.82, 2.24) is 0 Å². The molecule has 2 rings (SSSR count). The van der Waals surface area contributed by atoms with Crippen molar-refractivity contribution in [2.45, 2.75) is 11.1 Å². The van der Waals surface area contributed by atoms with Gasteiger partial charge in [-0.3, -0.25) is 4.79 Å². The number of benzene rings is 2. The molecule has 0 aliphatic heterocycles. The summed E-state index contributed by atoms with van der Waals surface area (Å²) in [6.45, 7) is 0. The maximum absolute atomic E-state index is 12.9. The fraction of sp³-hybridized carbons (Fsp3) is 0.188. The second-order valence-corrected chi connectivity index (χ2v) is 7.58. The van der Waals surface area contributed by atoms with E-state index in [4.69, 9.17) is 16.3 Å². The highest BCUT2D eigenvalue weighted by atomic mass is 35.5. The van der Waals surface area contributed by atoms with Crippen molar-refractivity contribution in [3.05, 3.63) is 58.1 Å².